The van der Waals surface area contributed by atoms with E-state index in [0.717, 1.165) is 29.5 Å². The van der Waals surface area contributed by atoms with Gasteiger partial charge in [-0.25, -0.2) is 12.8 Å². The molecule has 0 amide bonds. The molecule has 3 aromatic carbocycles. The Bertz CT molecular complexity index is 1460. The average molecular weight is 505 g/mol. The van der Waals surface area contributed by atoms with Crippen LogP contribution >= 0.6 is 0 Å². The Morgan fingerprint density at radius 3 is 2.19 bits per heavy atom. The SMILES string of the molecule is Cc1c(C2CCN(S(=O)(=O)c3ccc(C(C)C)cc3)CC2)c2ccccc2n1Cc1ccc(F)cc1. The number of aromatic nitrogens is 1. The van der Waals surface area contributed by atoms with Crippen molar-refractivity contribution in [2.45, 2.75) is 56.9 Å². The van der Waals surface area contributed by atoms with Gasteiger partial charge in [0.2, 0.25) is 10.0 Å². The molecule has 2 heterocycles. The van der Waals surface area contributed by atoms with Gasteiger partial charge in [-0.2, -0.15) is 4.31 Å². The number of nitrogens with zero attached hydrogens (tertiary/aromatic N) is 2. The lowest BCUT2D eigenvalue weighted by molar-refractivity contribution is 0.319. The topological polar surface area (TPSA) is 42.3 Å². The first-order chi connectivity index (χ1) is 17.3. The molecule has 0 atom stereocenters. The van der Waals surface area contributed by atoms with E-state index in [2.05, 4.69) is 43.5 Å². The Morgan fingerprint density at radius 2 is 1.56 bits per heavy atom. The summed E-state index contributed by atoms with van der Waals surface area (Å²) < 4.78 is 44.0. The Balaban J connectivity index is 1.39. The molecule has 1 saturated heterocycles. The molecule has 0 spiro atoms. The zero-order valence-electron chi connectivity index (χ0n) is 21.1. The second-order valence-electron chi connectivity index (χ2n) is 10.1. The van der Waals surface area contributed by atoms with E-state index in [0.29, 0.717) is 36.4 Å². The molecule has 4 aromatic rings. The quantitative estimate of drug-likeness (QED) is 0.289. The molecule has 1 fully saturated rings. The fourth-order valence-corrected chi connectivity index (χ4v) is 6.98. The van der Waals surface area contributed by atoms with Crippen LogP contribution in [0, 0.1) is 12.7 Å². The Hall–Kier alpha value is -2.96. The van der Waals surface area contributed by atoms with Crippen LogP contribution in [-0.2, 0) is 16.6 Å². The maximum absolute atomic E-state index is 13.4. The van der Waals surface area contributed by atoms with Crippen molar-refractivity contribution in [1.29, 1.82) is 0 Å². The second kappa shape index (κ2) is 9.83. The summed E-state index contributed by atoms with van der Waals surface area (Å²) in [4.78, 5) is 0.373. The number of rotatable bonds is 6. The van der Waals surface area contributed by atoms with Crippen LogP contribution in [0.3, 0.4) is 0 Å². The van der Waals surface area contributed by atoms with Gasteiger partial charge in [0, 0.05) is 36.2 Å². The summed E-state index contributed by atoms with van der Waals surface area (Å²) in [5, 5.41) is 1.22. The lowest BCUT2D eigenvalue weighted by Gasteiger charge is -2.31. The minimum absolute atomic E-state index is 0.230. The molecule has 0 radical (unpaired) electrons. The number of halogens is 1. The van der Waals surface area contributed by atoms with Gasteiger partial charge in [-0.15, -0.1) is 0 Å². The van der Waals surface area contributed by atoms with Crippen LogP contribution in [0.15, 0.2) is 77.7 Å². The van der Waals surface area contributed by atoms with Crippen molar-refractivity contribution in [1.82, 2.24) is 8.87 Å². The molecule has 0 bridgehead atoms. The van der Waals surface area contributed by atoms with E-state index in [-0.39, 0.29) is 5.82 Å². The highest BCUT2D eigenvalue weighted by atomic mass is 32.2. The number of piperidine rings is 1. The molecule has 0 aliphatic carbocycles. The highest BCUT2D eigenvalue weighted by Gasteiger charge is 2.32. The fraction of sp³-hybridized carbons (Fsp3) is 0.333. The van der Waals surface area contributed by atoms with Crippen molar-refractivity contribution in [2.24, 2.45) is 0 Å². The molecular weight excluding hydrogens is 471 g/mol. The molecule has 6 heteroatoms. The molecule has 1 aliphatic rings. The normalized spacial score (nSPS) is 15.7. The van der Waals surface area contributed by atoms with Crippen LogP contribution in [0.25, 0.3) is 10.9 Å². The van der Waals surface area contributed by atoms with Crippen molar-refractivity contribution in [3.05, 3.63) is 101 Å². The van der Waals surface area contributed by atoms with Gasteiger partial charge in [0.05, 0.1) is 4.90 Å². The monoisotopic (exact) mass is 504 g/mol. The number of fused-ring (bicyclic) bond motifs is 1. The highest BCUT2D eigenvalue weighted by Crippen LogP contribution is 2.38. The molecule has 1 aromatic heterocycles. The number of benzene rings is 3. The van der Waals surface area contributed by atoms with Gasteiger partial charge in [0.25, 0.3) is 0 Å². The predicted molar refractivity (Wildman–Crippen MR) is 143 cm³/mol. The largest absolute Gasteiger partial charge is 0.340 e. The Morgan fingerprint density at radius 1 is 0.917 bits per heavy atom. The number of hydrogen-bond acceptors (Lipinski definition) is 2. The maximum Gasteiger partial charge on any atom is 0.243 e. The van der Waals surface area contributed by atoms with E-state index in [1.807, 2.05) is 30.3 Å². The summed E-state index contributed by atoms with van der Waals surface area (Å²) in [6, 6.07) is 22.4. The molecule has 188 valence electrons. The molecule has 4 nitrogen and oxygen atoms in total. The molecule has 5 rings (SSSR count). The number of hydrogen-bond donors (Lipinski definition) is 0. The van der Waals surface area contributed by atoms with Crippen LogP contribution in [0.4, 0.5) is 4.39 Å². The second-order valence-corrected chi connectivity index (χ2v) is 12.1. The van der Waals surface area contributed by atoms with Gasteiger partial charge in [-0.1, -0.05) is 56.3 Å². The average Bonchev–Trinajstić information content (AvgIpc) is 3.16. The summed E-state index contributed by atoms with van der Waals surface area (Å²) in [6.45, 7) is 8.05. The van der Waals surface area contributed by atoms with Gasteiger partial charge in [-0.3, -0.25) is 0 Å². The maximum atomic E-state index is 13.4. The lowest BCUT2D eigenvalue weighted by Crippen LogP contribution is -2.38. The third kappa shape index (κ3) is 4.60. The first-order valence-electron chi connectivity index (χ1n) is 12.7. The summed E-state index contributed by atoms with van der Waals surface area (Å²) in [5.41, 5.74) is 5.86. The summed E-state index contributed by atoms with van der Waals surface area (Å²) in [5.74, 6) is 0.427. The van der Waals surface area contributed by atoms with Crippen molar-refractivity contribution in [3.63, 3.8) is 0 Å². The van der Waals surface area contributed by atoms with Crippen LogP contribution in [0.1, 0.15) is 60.9 Å². The molecule has 1 aliphatic heterocycles. The van der Waals surface area contributed by atoms with Gasteiger partial charge < -0.3 is 4.57 Å². The lowest BCUT2D eigenvalue weighted by atomic mass is 9.88. The zero-order chi connectivity index (χ0) is 25.4. The molecule has 0 unspecified atom stereocenters. The van der Waals surface area contributed by atoms with Crippen LogP contribution in [0.5, 0.6) is 0 Å². The molecule has 0 N–H and O–H groups in total. The van der Waals surface area contributed by atoms with Crippen LogP contribution in [0.2, 0.25) is 0 Å². The summed E-state index contributed by atoms with van der Waals surface area (Å²) in [6.07, 6.45) is 1.57. The van der Waals surface area contributed by atoms with Gasteiger partial charge in [-0.05, 0) is 78.6 Å². The van der Waals surface area contributed by atoms with Crippen LogP contribution in [-0.4, -0.2) is 30.4 Å². The van der Waals surface area contributed by atoms with Gasteiger partial charge >= 0.3 is 0 Å². The fourth-order valence-electron chi connectivity index (χ4n) is 5.51. The van der Waals surface area contributed by atoms with E-state index in [1.54, 1.807) is 16.4 Å². The minimum atomic E-state index is -3.50. The van der Waals surface area contributed by atoms with Crippen molar-refractivity contribution in [3.8, 4) is 0 Å². The van der Waals surface area contributed by atoms with Gasteiger partial charge in [0.1, 0.15) is 5.82 Å². The van der Waals surface area contributed by atoms with E-state index in [4.69, 9.17) is 0 Å². The van der Waals surface area contributed by atoms with Crippen molar-refractivity contribution in [2.75, 3.05) is 13.1 Å². The molecule has 0 saturated carbocycles. The Kier molecular flexibility index (Phi) is 6.75. The number of sulfonamides is 1. The van der Waals surface area contributed by atoms with Crippen molar-refractivity contribution < 1.29 is 12.8 Å². The minimum Gasteiger partial charge on any atom is -0.340 e. The predicted octanol–water partition coefficient (Wildman–Crippen LogP) is 6.83. The summed E-state index contributed by atoms with van der Waals surface area (Å²) >= 11 is 0. The zero-order valence-corrected chi connectivity index (χ0v) is 21.9. The van der Waals surface area contributed by atoms with E-state index < -0.39 is 10.0 Å². The molecular formula is C30H33FN2O2S. The van der Waals surface area contributed by atoms with E-state index in [1.165, 1.54) is 28.8 Å². The van der Waals surface area contributed by atoms with E-state index in [9.17, 15) is 12.8 Å². The van der Waals surface area contributed by atoms with Crippen LogP contribution < -0.4 is 0 Å². The Labute approximate surface area is 213 Å². The summed E-state index contributed by atoms with van der Waals surface area (Å²) in [7, 11) is -3.50. The first kappa shape index (κ1) is 24.7. The molecule has 36 heavy (non-hydrogen) atoms. The third-order valence-corrected chi connectivity index (χ3v) is 9.49. The number of para-hydroxylation sites is 1. The standard InChI is InChI=1S/C30H33FN2O2S/c1-21(2)24-10-14-27(15-11-24)36(34,35)32-18-16-25(17-19-32)30-22(3)33(29-7-5-4-6-28(29)30)20-23-8-12-26(31)13-9-23/h4-15,21,25H,16-20H2,1-3H3. The smallest absolute Gasteiger partial charge is 0.243 e. The van der Waals surface area contributed by atoms with E-state index >= 15 is 0 Å². The van der Waals surface area contributed by atoms with Gasteiger partial charge in [0.15, 0.2) is 0 Å². The highest BCUT2D eigenvalue weighted by molar-refractivity contribution is 7.89. The third-order valence-electron chi connectivity index (χ3n) is 7.58. The first-order valence-corrected chi connectivity index (χ1v) is 14.1. The van der Waals surface area contributed by atoms with Crippen molar-refractivity contribution >= 4 is 20.9 Å².